The summed E-state index contributed by atoms with van der Waals surface area (Å²) >= 11 is 0. The molecule has 1 amide bonds. The number of carbonyl (C=O) groups excluding carboxylic acids is 1. The lowest BCUT2D eigenvalue weighted by Crippen LogP contribution is -2.30. The zero-order valence-corrected chi connectivity index (χ0v) is 13.6. The smallest absolute Gasteiger partial charge is 0.222 e. The van der Waals surface area contributed by atoms with E-state index in [-0.39, 0.29) is 11.9 Å². The monoisotopic (exact) mass is 319 g/mol. The summed E-state index contributed by atoms with van der Waals surface area (Å²) in [5, 5.41) is 3.23. The zero-order chi connectivity index (χ0) is 16.4. The van der Waals surface area contributed by atoms with E-state index in [1.54, 1.807) is 0 Å². The number of hydrogen-bond donors (Lipinski definition) is 1. The van der Waals surface area contributed by atoms with E-state index in [1.165, 1.54) is 18.4 Å². The second-order valence-electron chi connectivity index (χ2n) is 6.47. The van der Waals surface area contributed by atoms with Crippen molar-refractivity contribution >= 4 is 16.9 Å². The Morgan fingerprint density at radius 2 is 1.88 bits per heavy atom. The summed E-state index contributed by atoms with van der Waals surface area (Å²) in [6, 6.07) is 18.5. The van der Waals surface area contributed by atoms with Crippen LogP contribution in [0.3, 0.4) is 0 Å². The fraction of sp³-hybridized carbons (Fsp3) is 0.300. The van der Waals surface area contributed by atoms with Crippen molar-refractivity contribution in [2.45, 2.75) is 31.8 Å². The molecule has 0 bridgehead atoms. The Balaban J connectivity index is 1.41. The minimum Gasteiger partial charge on any atom is -0.349 e. The summed E-state index contributed by atoms with van der Waals surface area (Å²) in [6.07, 6.45) is 4.68. The maximum absolute atomic E-state index is 12.4. The normalized spacial score (nSPS) is 15.3. The van der Waals surface area contributed by atoms with Gasteiger partial charge in [0.05, 0.1) is 23.4 Å². The molecule has 1 heterocycles. The Morgan fingerprint density at radius 3 is 2.67 bits per heavy atom. The quantitative estimate of drug-likeness (QED) is 0.753. The van der Waals surface area contributed by atoms with Crippen molar-refractivity contribution in [1.82, 2.24) is 14.9 Å². The van der Waals surface area contributed by atoms with Crippen LogP contribution in [0.2, 0.25) is 0 Å². The highest BCUT2D eigenvalue weighted by Crippen LogP contribution is 2.40. The van der Waals surface area contributed by atoms with E-state index in [9.17, 15) is 4.79 Å². The van der Waals surface area contributed by atoms with Gasteiger partial charge in [0.15, 0.2) is 0 Å². The van der Waals surface area contributed by atoms with Crippen molar-refractivity contribution < 1.29 is 4.79 Å². The maximum Gasteiger partial charge on any atom is 0.222 e. The van der Waals surface area contributed by atoms with E-state index in [0.29, 0.717) is 18.9 Å². The number of rotatable bonds is 6. The van der Waals surface area contributed by atoms with Crippen molar-refractivity contribution in [3.8, 4) is 0 Å². The largest absolute Gasteiger partial charge is 0.349 e. The van der Waals surface area contributed by atoms with E-state index >= 15 is 0 Å². The molecule has 1 aliphatic rings. The molecule has 1 aliphatic carbocycles. The zero-order valence-electron chi connectivity index (χ0n) is 13.6. The van der Waals surface area contributed by atoms with Gasteiger partial charge in [0.25, 0.3) is 0 Å². The minimum atomic E-state index is 0.105. The van der Waals surface area contributed by atoms with Gasteiger partial charge in [-0.05, 0) is 36.5 Å². The molecule has 0 aliphatic heterocycles. The lowest BCUT2D eigenvalue weighted by molar-refractivity contribution is -0.122. The predicted molar refractivity (Wildman–Crippen MR) is 94.4 cm³/mol. The Morgan fingerprint density at radius 1 is 1.12 bits per heavy atom. The summed E-state index contributed by atoms with van der Waals surface area (Å²) in [5.74, 6) is 0.693. The third-order valence-corrected chi connectivity index (χ3v) is 4.68. The number of aryl methyl sites for hydroxylation is 1. The minimum absolute atomic E-state index is 0.105. The third-order valence-electron chi connectivity index (χ3n) is 4.68. The number of nitrogens with one attached hydrogen (secondary N) is 1. The SMILES string of the molecule is O=C(CCn1cnc2ccccc21)NC(c1ccccc1)C1CC1. The van der Waals surface area contributed by atoms with E-state index in [0.717, 1.165) is 11.0 Å². The highest BCUT2D eigenvalue weighted by atomic mass is 16.1. The van der Waals surface area contributed by atoms with Gasteiger partial charge in [-0.3, -0.25) is 4.79 Å². The van der Waals surface area contributed by atoms with Gasteiger partial charge in [-0.15, -0.1) is 0 Å². The molecular formula is C20H21N3O. The molecule has 1 unspecified atom stereocenters. The molecule has 1 N–H and O–H groups in total. The fourth-order valence-electron chi connectivity index (χ4n) is 3.22. The second kappa shape index (κ2) is 6.48. The molecule has 1 aromatic heterocycles. The maximum atomic E-state index is 12.4. The van der Waals surface area contributed by atoms with Crippen LogP contribution in [-0.2, 0) is 11.3 Å². The van der Waals surface area contributed by atoms with Crippen LogP contribution in [-0.4, -0.2) is 15.5 Å². The van der Waals surface area contributed by atoms with Gasteiger partial charge in [0.2, 0.25) is 5.91 Å². The predicted octanol–water partition coefficient (Wildman–Crippen LogP) is 3.69. The second-order valence-corrected chi connectivity index (χ2v) is 6.47. The first-order chi connectivity index (χ1) is 11.8. The van der Waals surface area contributed by atoms with Crippen molar-refractivity contribution in [3.63, 3.8) is 0 Å². The number of para-hydroxylation sites is 2. The number of fused-ring (bicyclic) bond motifs is 1. The van der Waals surface area contributed by atoms with Gasteiger partial charge in [0.1, 0.15) is 0 Å². The topological polar surface area (TPSA) is 46.9 Å². The van der Waals surface area contributed by atoms with Crippen molar-refractivity contribution in [1.29, 1.82) is 0 Å². The van der Waals surface area contributed by atoms with Crippen molar-refractivity contribution in [2.75, 3.05) is 0 Å². The molecule has 24 heavy (non-hydrogen) atoms. The van der Waals surface area contributed by atoms with E-state index in [2.05, 4.69) is 22.4 Å². The van der Waals surface area contributed by atoms with Crippen LogP contribution in [0.25, 0.3) is 11.0 Å². The summed E-state index contributed by atoms with van der Waals surface area (Å²) in [5.41, 5.74) is 3.26. The molecule has 1 atom stereocenters. The first-order valence-electron chi connectivity index (χ1n) is 8.55. The fourth-order valence-corrected chi connectivity index (χ4v) is 3.22. The molecular weight excluding hydrogens is 298 g/mol. The van der Waals surface area contributed by atoms with E-state index in [1.807, 2.05) is 53.4 Å². The Kier molecular flexibility index (Phi) is 4.03. The molecule has 1 saturated carbocycles. The van der Waals surface area contributed by atoms with Gasteiger partial charge in [-0.25, -0.2) is 4.98 Å². The molecule has 2 aromatic carbocycles. The number of benzene rings is 2. The van der Waals surface area contributed by atoms with Crippen LogP contribution in [0, 0.1) is 5.92 Å². The van der Waals surface area contributed by atoms with Crippen LogP contribution >= 0.6 is 0 Å². The highest BCUT2D eigenvalue weighted by molar-refractivity contribution is 5.78. The van der Waals surface area contributed by atoms with E-state index < -0.39 is 0 Å². The number of aromatic nitrogens is 2. The molecule has 4 heteroatoms. The van der Waals surface area contributed by atoms with Gasteiger partial charge in [-0.1, -0.05) is 42.5 Å². The van der Waals surface area contributed by atoms with Crippen molar-refractivity contribution in [3.05, 3.63) is 66.5 Å². The number of imidazole rings is 1. The van der Waals surface area contributed by atoms with Crippen LogP contribution in [0.1, 0.15) is 30.9 Å². The molecule has 0 spiro atoms. The molecule has 1 fully saturated rings. The van der Waals surface area contributed by atoms with Gasteiger partial charge in [-0.2, -0.15) is 0 Å². The number of carbonyl (C=O) groups is 1. The van der Waals surface area contributed by atoms with E-state index in [4.69, 9.17) is 0 Å². The molecule has 0 radical (unpaired) electrons. The summed E-state index contributed by atoms with van der Waals surface area (Å²) < 4.78 is 2.05. The third kappa shape index (κ3) is 3.18. The molecule has 3 aromatic rings. The van der Waals surface area contributed by atoms with Crippen molar-refractivity contribution in [2.24, 2.45) is 5.92 Å². The average Bonchev–Trinajstić information content (AvgIpc) is 3.38. The van der Waals surface area contributed by atoms with Crippen LogP contribution in [0.5, 0.6) is 0 Å². The van der Waals surface area contributed by atoms with Crippen LogP contribution in [0.4, 0.5) is 0 Å². The van der Waals surface area contributed by atoms with Gasteiger partial charge in [0, 0.05) is 13.0 Å². The summed E-state index contributed by atoms with van der Waals surface area (Å²) in [4.78, 5) is 16.8. The number of nitrogens with zero attached hydrogens (tertiary/aromatic N) is 2. The Labute approximate surface area is 141 Å². The molecule has 122 valence electrons. The Hall–Kier alpha value is -2.62. The molecule has 4 rings (SSSR count). The highest BCUT2D eigenvalue weighted by Gasteiger charge is 2.33. The Bertz CT molecular complexity index is 836. The summed E-state index contributed by atoms with van der Waals surface area (Å²) in [6.45, 7) is 0.651. The standard InChI is InChI=1S/C20H21N3O/c24-19(12-13-23-14-21-17-8-4-5-9-18(17)23)22-20(16-10-11-16)15-6-2-1-3-7-15/h1-9,14,16,20H,10-13H2,(H,22,24). The summed E-state index contributed by atoms with van der Waals surface area (Å²) in [7, 11) is 0. The molecule has 4 nitrogen and oxygen atoms in total. The van der Waals surface area contributed by atoms with Crippen LogP contribution < -0.4 is 5.32 Å². The van der Waals surface area contributed by atoms with Gasteiger partial charge >= 0.3 is 0 Å². The van der Waals surface area contributed by atoms with Gasteiger partial charge < -0.3 is 9.88 Å². The lowest BCUT2D eigenvalue weighted by atomic mass is 10.0. The number of hydrogen-bond acceptors (Lipinski definition) is 2. The lowest BCUT2D eigenvalue weighted by Gasteiger charge is -2.19. The first kappa shape index (κ1) is 14.9. The van der Waals surface area contributed by atoms with Crippen LogP contribution in [0.15, 0.2) is 60.9 Å². The average molecular weight is 319 g/mol. The number of amides is 1. The molecule has 0 saturated heterocycles. The first-order valence-corrected chi connectivity index (χ1v) is 8.55.